The minimum Gasteiger partial charge on any atom is -0.398 e. The Morgan fingerprint density at radius 1 is 1.00 bits per heavy atom. The molecule has 82 valence electrons. The Bertz CT molecular complexity index is 535. The summed E-state index contributed by atoms with van der Waals surface area (Å²) in [6.07, 6.45) is 0. The van der Waals surface area contributed by atoms with Crippen LogP contribution in [0.2, 0.25) is 0 Å². The number of nitrogens with two attached hydrogens (primary N) is 1. The maximum atomic E-state index is 13.1. The van der Waals surface area contributed by atoms with Crippen LogP contribution < -0.4 is 5.73 Å². The van der Waals surface area contributed by atoms with Crippen LogP contribution in [0.5, 0.6) is 0 Å². The Hall–Kier alpha value is -1.90. The molecule has 0 radical (unpaired) electrons. The number of anilines is 1. The van der Waals surface area contributed by atoms with Crippen LogP contribution in [0, 0.1) is 18.6 Å². The van der Waals surface area contributed by atoms with Crippen LogP contribution >= 0.6 is 0 Å². The lowest BCUT2D eigenvalue weighted by Crippen LogP contribution is -1.94. The highest BCUT2D eigenvalue weighted by Crippen LogP contribution is 2.28. The summed E-state index contributed by atoms with van der Waals surface area (Å²) in [6, 6.07) is 9.61. The molecule has 2 aromatic carbocycles. The SMILES string of the molecule is Cc1cccc(-c2cc(F)c(F)cc2N)c1. The van der Waals surface area contributed by atoms with E-state index in [1.807, 2.05) is 31.2 Å². The third-order valence-electron chi connectivity index (χ3n) is 2.42. The van der Waals surface area contributed by atoms with Gasteiger partial charge in [0, 0.05) is 17.3 Å². The van der Waals surface area contributed by atoms with Crippen molar-refractivity contribution >= 4 is 5.69 Å². The molecule has 2 aromatic rings. The van der Waals surface area contributed by atoms with E-state index in [1.165, 1.54) is 0 Å². The molecule has 0 fully saturated rings. The summed E-state index contributed by atoms with van der Waals surface area (Å²) < 4.78 is 26.0. The molecule has 0 heterocycles. The minimum absolute atomic E-state index is 0.240. The monoisotopic (exact) mass is 219 g/mol. The summed E-state index contributed by atoms with van der Waals surface area (Å²) >= 11 is 0. The van der Waals surface area contributed by atoms with Crippen LogP contribution in [0.3, 0.4) is 0 Å². The smallest absolute Gasteiger partial charge is 0.160 e. The molecule has 0 aromatic heterocycles. The molecule has 16 heavy (non-hydrogen) atoms. The van der Waals surface area contributed by atoms with Crippen molar-refractivity contribution in [3.8, 4) is 11.1 Å². The van der Waals surface area contributed by atoms with E-state index < -0.39 is 11.6 Å². The molecule has 0 spiro atoms. The second-order valence-electron chi connectivity index (χ2n) is 3.72. The fourth-order valence-corrected chi connectivity index (χ4v) is 1.62. The highest BCUT2D eigenvalue weighted by atomic mass is 19.2. The molecule has 2 rings (SSSR count). The second-order valence-corrected chi connectivity index (χ2v) is 3.72. The first-order valence-corrected chi connectivity index (χ1v) is 4.89. The van der Waals surface area contributed by atoms with Gasteiger partial charge in [0.15, 0.2) is 11.6 Å². The number of rotatable bonds is 1. The number of hydrogen-bond acceptors (Lipinski definition) is 1. The Morgan fingerprint density at radius 2 is 1.69 bits per heavy atom. The van der Waals surface area contributed by atoms with Gasteiger partial charge in [-0.25, -0.2) is 8.78 Å². The van der Waals surface area contributed by atoms with Gasteiger partial charge in [0.05, 0.1) is 0 Å². The van der Waals surface area contributed by atoms with Gasteiger partial charge in [0.2, 0.25) is 0 Å². The second kappa shape index (κ2) is 3.93. The van der Waals surface area contributed by atoms with E-state index in [0.717, 1.165) is 23.3 Å². The number of benzene rings is 2. The molecule has 0 aliphatic carbocycles. The molecule has 0 bridgehead atoms. The lowest BCUT2D eigenvalue weighted by atomic mass is 10.0. The first-order chi connectivity index (χ1) is 7.58. The van der Waals surface area contributed by atoms with Crippen molar-refractivity contribution in [2.24, 2.45) is 0 Å². The van der Waals surface area contributed by atoms with Crippen LogP contribution in [0.25, 0.3) is 11.1 Å². The van der Waals surface area contributed by atoms with E-state index >= 15 is 0 Å². The maximum Gasteiger partial charge on any atom is 0.160 e. The van der Waals surface area contributed by atoms with Crippen molar-refractivity contribution in [2.75, 3.05) is 5.73 Å². The van der Waals surface area contributed by atoms with Gasteiger partial charge in [0.25, 0.3) is 0 Å². The Kier molecular flexibility index (Phi) is 2.60. The molecule has 0 atom stereocenters. The number of nitrogen functional groups attached to an aromatic ring is 1. The Morgan fingerprint density at radius 3 is 2.38 bits per heavy atom. The highest BCUT2D eigenvalue weighted by Gasteiger charge is 2.09. The number of halogens is 2. The minimum atomic E-state index is -0.922. The van der Waals surface area contributed by atoms with Crippen molar-refractivity contribution in [3.05, 3.63) is 53.6 Å². The van der Waals surface area contributed by atoms with Crippen molar-refractivity contribution in [3.63, 3.8) is 0 Å². The van der Waals surface area contributed by atoms with Crippen molar-refractivity contribution < 1.29 is 8.78 Å². The molecule has 0 saturated carbocycles. The topological polar surface area (TPSA) is 26.0 Å². The van der Waals surface area contributed by atoms with Gasteiger partial charge in [0.1, 0.15) is 0 Å². The predicted octanol–water partition coefficient (Wildman–Crippen LogP) is 3.52. The van der Waals surface area contributed by atoms with Gasteiger partial charge >= 0.3 is 0 Å². The van der Waals surface area contributed by atoms with Crippen LogP contribution in [-0.4, -0.2) is 0 Å². The normalized spacial score (nSPS) is 10.4. The zero-order valence-corrected chi connectivity index (χ0v) is 8.80. The molecule has 0 unspecified atom stereocenters. The van der Waals surface area contributed by atoms with Crippen LogP contribution in [0.1, 0.15) is 5.56 Å². The average molecular weight is 219 g/mol. The highest BCUT2D eigenvalue weighted by molar-refractivity contribution is 5.76. The lowest BCUT2D eigenvalue weighted by molar-refractivity contribution is 0.509. The van der Waals surface area contributed by atoms with Gasteiger partial charge in [-0.15, -0.1) is 0 Å². The molecular formula is C13H11F2N. The summed E-state index contributed by atoms with van der Waals surface area (Å²) in [5.41, 5.74) is 8.25. The van der Waals surface area contributed by atoms with Crippen LogP contribution in [0.4, 0.5) is 14.5 Å². The molecule has 0 aliphatic rings. The summed E-state index contributed by atoms with van der Waals surface area (Å²) in [5.74, 6) is -1.81. The van der Waals surface area contributed by atoms with Crippen LogP contribution in [-0.2, 0) is 0 Å². The summed E-state index contributed by atoms with van der Waals surface area (Å²) in [6.45, 7) is 1.93. The van der Waals surface area contributed by atoms with E-state index in [2.05, 4.69) is 0 Å². The Labute approximate surface area is 92.5 Å². The van der Waals surface area contributed by atoms with E-state index in [4.69, 9.17) is 5.73 Å². The zero-order chi connectivity index (χ0) is 11.7. The standard InChI is InChI=1S/C13H11F2N/c1-8-3-2-4-9(5-8)10-6-11(14)12(15)7-13(10)16/h2-7H,16H2,1H3. The number of hydrogen-bond donors (Lipinski definition) is 1. The van der Waals surface area contributed by atoms with Crippen molar-refractivity contribution in [1.29, 1.82) is 0 Å². The number of aryl methyl sites for hydroxylation is 1. The summed E-state index contributed by atoms with van der Waals surface area (Å²) in [4.78, 5) is 0. The van der Waals surface area contributed by atoms with Gasteiger partial charge in [-0.05, 0) is 18.6 Å². The van der Waals surface area contributed by atoms with Crippen molar-refractivity contribution in [2.45, 2.75) is 6.92 Å². The van der Waals surface area contributed by atoms with E-state index in [1.54, 1.807) is 0 Å². The fourth-order valence-electron chi connectivity index (χ4n) is 1.62. The van der Waals surface area contributed by atoms with E-state index in [0.29, 0.717) is 5.56 Å². The van der Waals surface area contributed by atoms with E-state index in [-0.39, 0.29) is 5.69 Å². The zero-order valence-electron chi connectivity index (χ0n) is 8.80. The lowest BCUT2D eigenvalue weighted by Gasteiger charge is -2.07. The summed E-state index contributed by atoms with van der Waals surface area (Å²) in [5, 5.41) is 0. The maximum absolute atomic E-state index is 13.1. The summed E-state index contributed by atoms with van der Waals surface area (Å²) in [7, 11) is 0. The molecule has 0 amide bonds. The molecule has 1 nitrogen and oxygen atoms in total. The third-order valence-corrected chi connectivity index (χ3v) is 2.42. The quantitative estimate of drug-likeness (QED) is 0.729. The van der Waals surface area contributed by atoms with Gasteiger partial charge in [-0.2, -0.15) is 0 Å². The van der Waals surface area contributed by atoms with E-state index in [9.17, 15) is 8.78 Å². The first kappa shape index (κ1) is 10.6. The van der Waals surface area contributed by atoms with Gasteiger partial charge < -0.3 is 5.73 Å². The van der Waals surface area contributed by atoms with Gasteiger partial charge in [-0.3, -0.25) is 0 Å². The predicted molar refractivity (Wildman–Crippen MR) is 60.9 cm³/mol. The third kappa shape index (κ3) is 1.89. The molecule has 3 heteroatoms. The van der Waals surface area contributed by atoms with Crippen LogP contribution in [0.15, 0.2) is 36.4 Å². The molecule has 0 saturated heterocycles. The largest absolute Gasteiger partial charge is 0.398 e. The van der Waals surface area contributed by atoms with Gasteiger partial charge in [-0.1, -0.05) is 29.8 Å². The molecule has 0 aliphatic heterocycles. The Balaban J connectivity index is 2.60. The van der Waals surface area contributed by atoms with Crippen molar-refractivity contribution in [1.82, 2.24) is 0 Å². The molecular weight excluding hydrogens is 208 g/mol. The first-order valence-electron chi connectivity index (χ1n) is 4.89. The fraction of sp³-hybridized carbons (Fsp3) is 0.0769. The average Bonchev–Trinajstić information content (AvgIpc) is 2.23. The molecule has 2 N–H and O–H groups in total.